The van der Waals surface area contributed by atoms with Crippen LogP contribution in [0.25, 0.3) is 0 Å². The van der Waals surface area contributed by atoms with Gasteiger partial charge in [0.15, 0.2) is 5.90 Å². The topological polar surface area (TPSA) is 83.7 Å². The molecular weight excluding hydrogens is 278 g/mol. The fourth-order valence-electron chi connectivity index (χ4n) is 2.06. The third kappa shape index (κ3) is 3.72. The van der Waals surface area contributed by atoms with Gasteiger partial charge in [-0.15, -0.1) is 11.6 Å². The summed E-state index contributed by atoms with van der Waals surface area (Å²) in [6, 6.07) is 0. The normalized spacial score (nSPS) is 33.6. The highest BCUT2D eigenvalue weighted by molar-refractivity contribution is 6.20. The minimum absolute atomic E-state index is 0.103. The van der Waals surface area contributed by atoms with Gasteiger partial charge in [-0.2, -0.15) is 0 Å². The average molecular weight is 298 g/mol. The second-order valence-electron chi connectivity index (χ2n) is 4.66. The molecule has 110 valence electrons. The summed E-state index contributed by atoms with van der Waals surface area (Å²) < 4.78 is 5.08. The Morgan fingerprint density at radius 3 is 2.85 bits per heavy atom. The molecule has 2 heterocycles. The van der Waals surface area contributed by atoms with E-state index in [1.807, 2.05) is 7.05 Å². The molecule has 0 saturated carbocycles. The summed E-state index contributed by atoms with van der Waals surface area (Å²) in [5, 5.41) is 9.32. The van der Waals surface area contributed by atoms with Crippen LogP contribution in [-0.2, 0) is 4.74 Å². The molecule has 4 unspecified atom stereocenters. The van der Waals surface area contributed by atoms with Crippen molar-refractivity contribution in [3.05, 3.63) is 11.8 Å². The number of nitrogens with zero attached hydrogens (tertiary/aromatic N) is 1. The molecule has 4 atom stereocenters. The molecule has 6 nitrogen and oxygen atoms in total. The van der Waals surface area contributed by atoms with E-state index in [1.165, 1.54) is 0 Å². The van der Waals surface area contributed by atoms with Crippen molar-refractivity contribution >= 4 is 17.5 Å². The number of nitrogens with one attached hydrogen (secondary N) is 3. The Morgan fingerprint density at radius 2 is 2.30 bits per heavy atom. The Bertz CT molecular complexity index is 455. The van der Waals surface area contributed by atoms with Crippen molar-refractivity contribution in [3.8, 4) is 11.8 Å². The van der Waals surface area contributed by atoms with Crippen LogP contribution in [0.2, 0.25) is 0 Å². The van der Waals surface area contributed by atoms with Gasteiger partial charge in [0.25, 0.3) is 0 Å². The zero-order valence-corrected chi connectivity index (χ0v) is 12.4. The molecule has 0 amide bonds. The molecule has 2 aliphatic heterocycles. The molecule has 5 N–H and O–H groups in total. The Balaban J connectivity index is 2.02. The van der Waals surface area contributed by atoms with Gasteiger partial charge in [0.05, 0.1) is 19.2 Å². The van der Waals surface area contributed by atoms with Gasteiger partial charge in [0.1, 0.15) is 11.8 Å². The van der Waals surface area contributed by atoms with Crippen molar-refractivity contribution < 1.29 is 4.74 Å². The lowest BCUT2D eigenvalue weighted by Crippen LogP contribution is -2.68. The van der Waals surface area contributed by atoms with E-state index in [2.05, 4.69) is 32.8 Å². The number of hydrogen-bond donors (Lipinski definition) is 4. The van der Waals surface area contributed by atoms with E-state index in [0.717, 1.165) is 24.3 Å². The highest BCUT2D eigenvalue weighted by atomic mass is 35.5. The standard InChI is InChI=1S/C13H20ClN5O/c1-16-13-18-11(14)9(12(15)19-13)5-3-8-4-6-10(20-2)17-7-8/h7,9,11-13,16,18-19H,4,6,15H2,1-2H3. The molecule has 7 heteroatoms. The van der Waals surface area contributed by atoms with Crippen LogP contribution in [0.1, 0.15) is 12.8 Å². The van der Waals surface area contributed by atoms with E-state index < -0.39 is 0 Å². The number of nitrogens with two attached hydrogens (primary N) is 1. The SMILES string of the molecule is CNC1NC(N)C(C#CC2=CN=C(OC)CC2)C(Cl)N1. The van der Waals surface area contributed by atoms with Crippen LogP contribution in [0, 0.1) is 17.8 Å². The molecule has 2 rings (SSSR count). The van der Waals surface area contributed by atoms with E-state index in [1.54, 1.807) is 13.3 Å². The summed E-state index contributed by atoms with van der Waals surface area (Å²) in [4.78, 5) is 4.18. The highest BCUT2D eigenvalue weighted by Crippen LogP contribution is 2.16. The van der Waals surface area contributed by atoms with Crippen molar-refractivity contribution in [1.82, 2.24) is 16.0 Å². The van der Waals surface area contributed by atoms with Gasteiger partial charge >= 0.3 is 0 Å². The van der Waals surface area contributed by atoms with Crippen LogP contribution in [-0.4, -0.2) is 38.0 Å². The van der Waals surface area contributed by atoms with Crippen LogP contribution in [0.15, 0.2) is 16.8 Å². The van der Waals surface area contributed by atoms with E-state index in [9.17, 15) is 0 Å². The van der Waals surface area contributed by atoms with Crippen LogP contribution in [0.3, 0.4) is 0 Å². The predicted molar refractivity (Wildman–Crippen MR) is 79.8 cm³/mol. The van der Waals surface area contributed by atoms with Crippen LogP contribution < -0.4 is 21.7 Å². The van der Waals surface area contributed by atoms with Gasteiger partial charge in [-0.25, -0.2) is 4.99 Å². The van der Waals surface area contributed by atoms with Crippen LogP contribution >= 0.6 is 11.6 Å². The number of hydrogen-bond acceptors (Lipinski definition) is 6. The maximum Gasteiger partial charge on any atom is 0.187 e. The minimum Gasteiger partial charge on any atom is -0.484 e. The summed E-state index contributed by atoms with van der Waals surface area (Å²) in [6.45, 7) is 0. The number of aliphatic imine (C=N–C) groups is 1. The molecule has 0 aliphatic carbocycles. The molecule has 0 spiro atoms. The molecule has 0 radical (unpaired) electrons. The number of ether oxygens (including phenoxy) is 1. The first-order chi connectivity index (χ1) is 9.63. The predicted octanol–water partition coefficient (Wildman–Crippen LogP) is -0.126. The number of alkyl halides is 1. The lowest BCUT2D eigenvalue weighted by atomic mass is 10.0. The van der Waals surface area contributed by atoms with Gasteiger partial charge in [-0.3, -0.25) is 16.0 Å². The largest absolute Gasteiger partial charge is 0.484 e. The van der Waals surface area contributed by atoms with Crippen LogP contribution in [0.5, 0.6) is 0 Å². The maximum atomic E-state index is 6.27. The Kier molecular flexibility index (Phi) is 5.40. The zero-order valence-electron chi connectivity index (χ0n) is 11.6. The molecule has 1 saturated heterocycles. The molecule has 0 bridgehead atoms. The molecule has 2 aliphatic rings. The van der Waals surface area contributed by atoms with Gasteiger partial charge in [-0.1, -0.05) is 11.8 Å². The quantitative estimate of drug-likeness (QED) is 0.308. The van der Waals surface area contributed by atoms with Crippen molar-refractivity contribution in [1.29, 1.82) is 0 Å². The number of rotatable bonds is 1. The first kappa shape index (κ1) is 15.3. The van der Waals surface area contributed by atoms with E-state index in [4.69, 9.17) is 22.1 Å². The number of allylic oxidation sites excluding steroid dienone is 1. The lowest BCUT2D eigenvalue weighted by molar-refractivity contribution is 0.220. The average Bonchev–Trinajstić information content (AvgIpc) is 2.46. The molecule has 0 aromatic rings. The molecule has 0 aromatic heterocycles. The van der Waals surface area contributed by atoms with E-state index in [0.29, 0.717) is 0 Å². The molecule has 0 aromatic carbocycles. The van der Waals surface area contributed by atoms with Crippen molar-refractivity contribution in [2.45, 2.75) is 30.8 Å². The van der Waals surface area contributed by atoms with Gasteiger partial charge in [-0.05, 0) is 13.5 Å². The fourth-order valence-corrected chi connectivity index (χ4v) is 2.41. The fraction of sp³-hybridized carbons (Fsp3) is 0.615. The van der Waals surface area contributed by atoms with Crippen molar-refractivity contribution in [3.63, 3.8) is 0 Å². The number of halogens is 1. The third-order valence-electron chi connectivity index (χ3n) is 3.28. The van der Waals surface area contributed by atoms with E-state index >= 15 is 0 Å². The first-order valence-corrected chi connectivity index (χ1v) is 6.98. The summed E-state index contributed by atoms with van der Waals surface area (Å²) in [5.41, 5.74) is 6.71. The summed E-state index contributed by atoms with van der Waals surface area (Å²) in [6.07, 6.45) is 2.95. The molecule has 20 heavy (non-hydrogen) atoms. The monoisotopic (exact) mass is 297 g/mol. The second-order valence-corrected chi connectivity index (χ2v) is 5.13. The third-order valence-corrected chi connectivity index (χ3v) is 3.68. The smallest absolute Gasteiger partial charge is 0.187 e. The zero-order chi connectivity index (χ0) is 14.5. The molecular formula is C13H20ClN5O. The summed E-state index contributed by atoms with van der Waals surface area (Å²) in [5.74, 6) is 6.81. The Labute approximate surface area is 124 Å². The summed E-state index contributed by atoms with van der Waals surface area (Å²) >= 11 is 6.27. The lowest BCUT2D eigenvalue weighted by Gasteiger charge is -2.37. The minimum atomic E-state index is -0.307. The van der Waals surface area contributed by atoms with Gasteiger partial charge in [0, 0.05) is 18.2 Å². The highest BCUT2D eigenvalue weighted by Gasteiger charge is 2.32. The summed E-state index contributed by atoms with van der Waals surface area (Å²) in [7, 11) is 3.45. The maximum absolute atomic E-state index is 6.27. The van der Waals surface area contributed by atoms with Gasteiger partial charge in [0.2, 0.25) is 0 Å². The second kappa shape index (κ2) is 7.07. The molecule has 1 fully saturated rings. The van der Waals surface area contributed by atoms with Crippen molar-refractivity contribution in [2.75, 3.05) is 14.2 Å². The van der Waals surface area contributed by atoms with Crippen LogP contribution in [0.4, 0.5) is 0 Å². The number of methoxy groups -OCH3 is 1. The first-order valence-electron chi connectivity index (χ1n) is 6.54. The Morgan fingerprint density at radius 1 is 1.50 bits per heavy atom. The Hall–Kier alpha value is -1.10. The van der Waals surface area contributed by atoms with Gasteiger partial charge < -0.3 is 10.5 Å². The van der Waals surface area contributed by atoms with E-state index in [-0.39, 0.29) is 23.9 Å². The van der Waals surface area contributed by atoms with Crippen molar-refractivity contribution in [2.24, 2.45) is 16.6 Å².